The van der Waals surface area contributed by atoms with Crippen molar-refractivity contribution >= 4 is 45.5 Å². The largest absolute Gasteiger partial charge is 0.481 e. The van der Waals surface area contributed by atoms with Crippen molar-refractivity contribution in [2.24, 2.45) is 16.3 Å². The molecule has 12 heteroatoms. The number of aromatic nitrogens is 2. The monoisotopic (exact) mass is 558 g/mol. The minimum atomic E-state index is -1.46. The van der Waals surface area contributed by atoms with Crippen LogP contribution in [0.1, 0.15) is 32.3 Å². The maximum Gasteiger partial charge on any atom is 0.318 e. The van der Waals surface area contributed by atoms with Gasteiger partial charge in [0.15, 0.2) is 0 Å². The fraction of sp³-hybridized carbons (Fsp3) is 0.357. The van der Waals surface area contributed by atoms with Crippen LogP contribution < -0.4 is 20.9 Å². The third kappa shape index (κ3) is 4.57. The molecule has 0 bridgehead atoms. The van der Waals surface area contributed by atoms with E-state index in [9.17, 15) is 20.0 Å². The Hall–Kier alpha value is -4.34. The van der Waals surface area contributed by atoms with Crippen molar-refractivity contribution in [2.75, 3.05) is 24.5 Å². The van der Waals surface area contributed by atoms with Crippen LogP contribution in [-0.2, 0) is 4.79 Å². The van der Waals surface area contributed by atoms with E-state index >= 15 is 0 Å². The highest BCUT2D eigenvalue weighted by molar-refractivity contribution is 7.17. The van der Waals surface area contributed by atoms with Crippen molar-refractivity contribution in [3.8, 4) is 17.3 Å². The second kappa shape index (κ2) is 11.0. The normalized spacial score (nSPS) is 24.0. The quantitative estimate of drug-likeness (QED) is 0.342. The summed E-state index contributed by atoms with van der Waals surface area (Å²) in [5, 5.41) is 29.0. The number of urea groups is 1. The Bertz CT molecular complexity index is 1530. The summed E-state index contributed by atoms with van der Waals surface area (Å²) < 4.78 is 0.917. The Labute approximate surface area is 235 Å². The number of aliphatic carboxylic acids is 1. The van der Waals surface area contributed by atoms with Gasteiger partial charge in [-0.2, -0.15) is 5.26 Å². The van der Waals surface area contributed by atoms with Crippen molar-refractivity contribution in [3.63, 3.8) is 0 Å². The Balaban J connectivity index is 1.72. The predicted molar refractivity (Wildman–Crippen MR) is 154 cm³/mol. The summed E-state index contributed by atoms with van der Waals surface area (Å²) in [6, 6.07) is 8.99. The molecule has 3 unspecified atom stereocenters. The highest BCUT2D eigenvalue weighted by Gasteiger charge is 2.59. The number of fused-ring (bicyclic) bond motifs is 1. The number of pyridine rings is 1. The van der Waals surface area contributed by atoms with Crippen LogP contribution >= 0.6 is 11.3 Å². The number of anilines is 1. The van der Waals surface area contributed by atoms with Crippen molar-refractivity contribution in [1.82, 2.24) is 25.9 Å². The molecular weight excluding hydrogens is 528 g/mol. The van der Waals surface area contributed by atoms with Gasteiger partial charge in [-0.1, -0.05) is 6.92 Å². The predicted octanol–water partition coefficient (Wildman–Crippen LogP) is 3.70. The maximum atomic E-state index is 13.2. The first-order chi connectivity index (χ1) is 19.4. The van der Waals surface area contributed by atoms with Crippen LogP contribution in [0.3, 0.4) is 0 Å². The molecule has 1 fully saturated rings. The lowest BCUT2D eigenvalue weighted by Gasteiger charge is -2.53. The Morgan fingerprint density at radius 2 is 2.15 bits per heavy atom. The fourth-order valence-electron chi connectivity index (χ4n) is 5.74. The molecule has 0 saturated carbocycles. The smallest absolute Gasteiger partial charge is 0.318 e. The van der Waals surface area contributed by atoms with Crippen LogP contribution in [0.15, 0.2) is 53.2 Å². The molecule has 5 rings (SSSR count). The molecule has 4 N–H and O–H groups in total. The highest BCUT2D eigenvalue weighted by Crippen LogP contribution is 2.48. The summed E-state index contributed by atoms with van der Waals surface area (Å²) in [5.41, 5.74) is 3.90. The number of thiazole rings is 1. The van der Waals surface area contributed by atoms with Crippen LogP contribution in [0.25, 0.3) is 21.5 Å². The summed E-state index contributed by atoms with van der Waals surface area (Å²) in [6.07, 6.45) is 7.45. The van der Waals surface area contributed by atoms with Gasteiger partial charge in [0.2, 0.25) is 5.79 Å². The molecule has 1 aromatic carbocycles. The van der Waals surface area contributed by atoms with Gasteiger partial charge in [-0.05, 0) is 56.7 Å². The summed E-state index contributed by atoms with van der Waals surface area (Å²) >= 11 is 1.48. The molecule has 3 aromatic rings. The van der Waals surface area contributed by atoms with Crippen LogP contribution in [0.4, 0.5) is 10.5 Å². The van der Waals surface area contributed by atoms with Crippen molar-refractivity contribution in [3.05, 3.63) is 53.8 Å². The van der Waals surface area contributed by atoms with Crippen molar-refractivity contribution in [2.45, 2.75) is 32.5 Å². The third-order valence-corrected chi connectivity index (χ3v) is 8.64. The topological polar surface area (TPSA) is 156 Å². The second-order valence-corrected chi connectivity index (χ2v) is 10.6. The van der Waals surface area contributed by atoms with Crippen LogP contribution in [-0.4, -0.2) is 58.7 Å². The number of rotatable bonds is 7. The van der Waals surface area contributed by atoms with Gasteiger partial charge in [-0.25, -0.2) is 14.8 Å². The van der Waals surface area contributed by atoms with Gasteiger partial charge in [-0.15, -0.1) is 11.3 Å². The van der Waals surface area contributed by atoms with E-state index < -0.39 is 29.1 Å². The summed E-state index contributed by atoms with van der Waals surface area (Å²) in [5.74, 6) is -3.02. The SMILES string of the molecule is CCNC(=O)NC1(C2CNCCC2(CC)C(=O)O)N=CC=CN1c1cc(-c2ccc(C#N)cn2)c2scnc2c1. The first-order valence-electron chi connectivity index (χ1n) is 13.1. The number of aliphatic imine (C=N–C) groups is 1. The molecule has 0 radical (unpaired) electrons. The first-order valence-corrected chi connectivity index (χ1v) is 14.0. The van der Waals surface area contributed by atoms with Crippen molar-refractivity contribution in [1.29, 1.82) is 5.26 Å². The number of nitrogens with one attached hydrogen (secondary N) is 3. The number of carboxylic acids is 1. The summed E-state index contributed by atoms with van der Waals surface area (Å²) in [7, 11) is 0. The number of amides is 2. The molecule has 3 atom stereocenters. The number of hydrogen-bond donors (Lipinski definition) is 4. The van der Waals surface area contributed by atoms with Crippen LogP contribution in [0.2, 0.25) is 0 Å². The zero-order valence-electron chi connectivity index (χ0n) is 22.2. The molecule has 0 spiro atoms. The van der Waals surface area contributed by atoms with Crippen LogP contribution in [0.5, 0.6) is 0 Å². The summed E-state index contributed by atoms with van der Waals surface area (Å²) in [6.45, 7) is 4.96. The number of piperidine rings is 1. The Kier molecular flexibility index (Phi) is 7.51. The van der Waals surface area contributed by atoms with E-state index in [2.05, 4.69) is 32.0 Å². The third-order valence-electron chi connectivity index (χ3n) is 7.76. The zero-order chi connectivity index (χ0) is 28.3. The van der Waals surface area contributed by atoms with E-state index in [0.717, 1.165) is 15.8 Å². The average molecular weight is 559 g/mol. The fourth-order valence-corrected chi connectivity index (χ4v) is 6.53. The molecule has 2 aromatic heterocycles. The van der Waals surface area contributed by atoms with Gasteiger partial charge in [0.1, 0.15) is 6.07 Å². The number of hydrogen-bond acceptors (Lipinski definition) is 9. The Morgan fingerprint density at radius 3 is 2.85 bits per heavy atom. The standard InChI is InChI=1S/C28H30N8O3S/c1-3-27(25(37)38)8-10-30-16-23(27)28(35-26(39)31-4-2)34-9-5-11-36(28)19-12-20(24-22(13-19)33-17-40-24)21-7-6-18(14-29)15-32-21/h5-7,9,11-13,15,17,23,30H,3-4,8,10,16H2,1-2H3,(H,37,38)(H2,31,35,39). The van der Waals surface area contributed by atoms with E-state index in [1.807, 2.05) is 30.9 Å². The molecule has 40 heavy (non-hydrogen) atoms. The van der Waals surface area contributed by atoms with E-state index in [1.165, 1.54) is 17.5 Å². The van der Waals surface area contributed by atoms with E-state index in [1.54, 1.807) is 36.1 Å². The highest BCUT2D eigenvalue weighted by atomic mass is 32.1. The molecular formula is C28H30N8O3S. The van der Waals surface area contributed by atoms with Crippen molar-refractivity contribution < 1.29 is 14.7 Å². The average Bonchev–Trinajstić information content (AvgIpc) is 3.46. The zero-order valence-corrected chi connectivity index (χ0v) is 23.0. The lowest BCUT2D eigenvalue weighted by molar-refractivity contribution is -0.158. The lowest BCUT2D eigenvalue weighted by atomic mass is 9.65. The molecule has 1 saturated heterocycles. The number of nitriles is 1. The Morgan fingerprint density at radius 1 is 1.30 bits per heavy atom. The first kappa shape index (κ1) is 27.2. The lowest BCUT2D eigenvalue weighted by Crippen LogP contribution is -2.71. The molecule has 4 heterocycles. The number of carbonyl (C=O) groups is 2. The molecule has 11 nitrogen and oxygen atoms in total. The van der Waals surface area contributed by atoms with Gasteiger partial charge >= 0.3 is 12.0 Å². The van der Waals surface area contributed by atoms with E-state index in [4.69, 9.17) is 4.99 Å². The number of nitrogens with zero attached hydrogens (tertiary/aromatic N) is 5. The minimum Gasteiger partial charge on any atom is -0.481 e. The molecule has 0 aliphatic carbocycles. The second-order valence-electron chi connectivity index (χ2n) is 9.76. The van der Waals surface area contributed by atoms with Gasteiger partial charge in [0.05, 0.1) is 38.3 Å². The molecule has 2 amide bonds. The minimum absolute atomic E-state index is 0.331. The molecule has 2 aliphatic heterocycles. The van der Waals surface area contributed by atoms with Crippen LogP contribution in [0, 0.1) is 22.7 Å². The van der Waals surface area contributed by atoms with Gasteiger partial charge in [0, 0.05) is 43.0 Å². The van der Waals surface area contributed by atoms with Gasteiger partial charge in [0.25, 0.3) is 0 Å². The number of allylic oxidation sites excluding steroid dienone is 1. The molecule has 206 valence electrons. The molecule has 2 aliphatic rings. The van der Waals surface area contributed by atoms with E-state index in [-0.39, 0.29) is 0 Å². The van der Waals surface area contributed by atoms with Gasteiger partial charge in [-0.3, -0.25) is 15.1 Å². The number of benzene rings is 1. The maximum absolute atomic E-state index is 13.2. The number of carboxylic acid groups (broad SMARTS) is 1. The van der Waals surface area contributed by atoms with E-state index in [0.29, 0.717) is 49.4 Å². The summed E-state index contributed by atoms with van der Waals surface area (Å²) in [4.78, 5) is 41.8. The van der Waals surface area contributed by atoms with Gasteiger partial charge < -0.3 is 20.6 Å². The number of carbonyl (C=O) groups excluding carboxylic acids is 1.